The lowest BCUT2D eigenvalue weighted by molar-refractivity contribution is 0.574. The van der Waals surface area contributed by atoms with Gasteiger partial charge in [-0.25, -0.2) is 0 Å². The summed E-state index contributed by atoms with van der Waals surface area (Å²) in [5.74, 6) is 0. The fraction of sp³-hybridized carbons (Fsp3) is 0.200. The first-order chi connectivity index (χ1) is 8.65. The van der Waals surface area contributed by atoms with E-state index in [-0.39, 0.29) is 0 Å². The smallest absolute Gasteiger partial charge is 0.0406 e. The summed E-state index contributed by atoms with van der Waals surface area (Å²) in [6.07, 6.45) is 0. The molecule has 0 saturated heterocycles. The van der Waals surface area contributed by atoms with Gasteiger partial charge < -0.3 is 5.32 Å². The van der Waals surface area contributed by atoms with E-state index in [2.05, 4.69) is 52.4 Å². The van der Waals surface area contributed by atoms with Crippen molar-refractivity contribution in [1.29, 1.82) is 0 Å². The number of benzene rings is 2. The molecule has 0 bridgehead atoms. The summed E-state index contributed by atoms with van der Waals surface area (Å²) >= 11 is 9.36. The van der Waals surface area contributed by atoms with Crippen LogP contribution >= 0.6 is 27.5 Å². The highest BCUT2D eigenvalue weighted by Crippen LogP contribution is 2.17. The van der Waals surface area contributed by atoms with Gasteiger partial charge in [-0.3, -0.25) is 0 Å². The molecule has 0 aliphatic heterocycles. The minimum atomic E-state index is 0.307. The molecule has 0 amide bonds. The molecule has 0 aliphatic rings. The molecule has 0 aromatic heterocycles. The van der Waals surface area contributed by atoms with E-state index in [9.17, 15) is 0 Å². The van der Waals surface area contributed by atoms with Crippen molar-refractivity contribution in [2.24, 2.45) is 0 Å². The molecule has 3 heteroatoms. The van der Waals surface area contributed by atoms with Gasteiger partial charge in [-0.15, -0.1) is 0 Å². The van der Waals surface area contributed by atoms with Gasteiger partial charge in [0.25, 0.3) is 0 Å². The highest BCUT2D eigenvalue weighted by Gasteiger charge is 2.04. The summed E-state index contributed by atoms with van der Waals surface area (Å²) in [4.78, 5) is 0. The molecular formula is C15H15BrClN. The van der Waals surface area contributed by atoms with E-state index in [0.29, 0.717) is 6.04 Å². The second kappa shape index (κ2) is 6.37. The van der Waals surface area contributed by atoms with Crippen molar-refractivity contribution >= 4 is 27.5 Å². The van der Waals surface area contributed by atoms with Crippen LogP contribution in [-0.2, 0) is 6.54 Å². The SMILES string of the molecule is CC(NCc1cccc(Br)c1)c1ccc(Cl)cc1. The van der Waals surface area contributed by atoms with Gasteiger partial charge in [0.05, 0.1) is 0 Å². The number of rotatable bonds is 4. The molecule has 1 atom stereocenters. The Labute approximate surface area is 121 Å². The number of halogens is 2. The maximum absolute atomic E-state index is 5.88. The molecule has 2 aromatic carbocycles. The van der Waals surface area contributed by atoms with Crippen molar-refractivity contribution in [1.82, 2.24) is 5.32 Å². The Morgan fingerprint density at radius 1 is 1.17 bits per heavy atom. The molecule has 1 N–H and O–H groups in total. The van der Waals surface area contributed by atoms with E-state index in [1.807, 2.05) is 24.3 Å². The Bertz CT molecular complexity index is 510. The third-order valence-corrected chi connectivity index (χ3v) is 3.62. The molecule has 0 radical (unpaired) electrons. The van der Waals surface area contributed by atoms with Crippen LogP contribution in [0.3, 0.4) is 0 Å². The van der Waals surface area contributed by atoms with Crippen LogP contribution in [0.15, 0.2) is 53.0 Å². The molecule has 0 spiro atoms. The molecule has 0 aliphatic carbocycles. The summed E-state index contributed by atoms with van der Waals surface area (Å²) in [6, 6.07) is 16.6. The predicted molar refractivity (Wildman–Crippen MR) is 80.8 cm³/mol. The van der Waals surface area contributed by atoms with Crippen LogP contribution in [0, 0.1) is 0 Å². The van der Waals surface area contributed by atoms with Crippen LogP contribution in [0.5, 0.6) is 0 Å². The molecule has 1 nitrogen and oxygen atoms in total. The van der Waals surface area contributed by atoms with Crippen molar-refractivity contribution in [2.75, 3.05) is 0 Å². The van der Waals surface area contributed by atoms with E-state index in [1.54, 1.807) is 0 Å². The normalized spacial score (nSPS) is 12.4. The lowest BCUT2D eigenvalue weighted by atomic mass is 10.1. The summed E-state index contributed by atoms with van der Waals surface area (Å²) in [5, 5.41) is 4.27. The van der Waals surface area contributed by atoms with Crippen LogP contribution < -0.4 is 5.32 Å². The minimum Gasteiger partial charge on any atom is -0.306 e. The Morgan fingerprint density at radius 3 is 2.56 bits per heavy atom. The average Bonchev–Trinajstić information content (AvgIpc) is 2.37. The van der Waals surface area contributed by atoms with Crippen molar-refractivity contribution in [3.05, 3.63) is 69.2 Å². The molecule has 1 unspecified atom stereocenters. The zero-order valence-electron chi connectivity index (χ0n) is 10.2. The number of nitrogens with one attached hydrogen (secondary N) is 1. The second-order valence-electron chi connectivity index (χ2n) is 4.28. The second-order valence-corrected chi connectivity index (χ2v) is 5.64. The summed E-state index contributed by atoms with van der Waals surface area (Å²) in [7, 11) is 0. The van der Waals surface area contributed by atoms with Crippen LogP contribution in [0.4, 0.5) is 0 Å². The van der Waals surface area contributed by atoms with Gasteiger partial charge in [-0.05, 0) is 42.3 Å². The van der Waals surface area contributed by atoms with E-state index >= 15 is 0 Å². The first-order valence-corrected chi connectivity index (χ1v) is 7.05. The molecule has 2 rings (SSSR count). The predicted octanol–water partition coefficient (Wildman–Crippen LogP) is 4.95. The van der Waals surface area contributed by atoms with Crippen molar-refractivity contribution in [2.45, 2.75) is 19.5 Å². The molecule has 0 heterocycles. The molecule has 94 valence electrons. The van der Waals surface area contributed by atoms with Crippen LogP contribution in [-0.4, -0.2) is 0 Å². The van der Waals surface area contributed by atoms with Gasteiger partial charge in [0.1, 0.15) is 0 Å². The maximum atomic E-state index is 5.88. The fourth-order valence-corrected chi connectivity index (χ4v) is 2.36. The Hall–Kier alpha value is -0.830. The Balaban J connectivity index is 1.96. The third kappa shape index (κ3) is 3.84. The van der Waals surface area contributed by atoms with Crippen molar-refractivity contribution in [3.8, 4) is 0 Å². The highest BCUT2D eigenvalue weighted by atomic mass is 79.9. The zero-order valence-corrected chi connectivity index (χ0v) is 12.5. The van der Waals surface area contributed by atoms with Gasteiger partial charge in [-0.2, -0.15) is 0 Å². The lowest BCUT2D eigenvalue weighted by Gasteiger charge is -2.14. The van der Waals surface area contributed by atoms with Gasteiger partial charge in [-0.1, -0.05) is 51.8 Å². The first-order valence-electron chi connectivity index (χ1n) is 5.88. The molecule has 2 aromatic rings. The minimum absolute atomic E-state index is 0.307. The largest absolute Gasteiger partial charge is 0.306 e. The number of hydrogen-bond acceptors (Lipinski definition) is 1. The highest BCUT2D eigenvalue weighted by molar-refractivity contribution is 9.10. The average molecular weight is 325 g/mol. The topological polar surface area (TPSA) is 12.0 Å². The van der Waals surface area contributed by atoms with Crippen LogP contribution in [0.25, 0.3) is 0 Å². The van der Waals surface area contributed by atoms with Gasteiger partial charge >= 0.3 is 0 Å². The standard InChI is InChI=1S/C15H15BrClN/c1-11(13-5-7-15(17)8-6-13)18-10-12-3-2-4-14(16)9-12/h2-9,11,18H,10H2,1H3. The van der Waals surface area contributed by atoms with E-state index in [4.69, 9.17) is 11.6 Å². The van der Waals surface area contributed by atoms with Gasteiger partial charge in [0.2, 0.25) is 0 Å². The van der Waals surface area contributed by atoms with E-state index in [1.165, 1.54) is 11.1 Å². The molecule has 0 saturated carbocycles. The van der Waals surface area contributed by atoms with Crippen LogP contribution in [0.2, 0.25) is 5.02 Å². The van der Waals surface area contributed by atoms with E-state index in [0.717, 1.165) is 16.0 Å². The van der Waals surface area contributed by atoms with Gasteiger partial charge in [0.15, 0.2) is 0 Å². The molecule has 0 fully saturated rings. The van der Waals surface area contributed by atoms with Gasteiger partial charge in [0, 0.05) is 22.1 Å². The fourth-order valence-electron chi connectivity index (χ4n) is 1.79. The number of hydrogen-bond donors (Lipinski definition) is 1. The third-order valence-electron chi connectivity index (χ3n) is 2.87. The monoisotopic (exact) mass is 323 g/mol. The Morgan fingerprint density at radius 2 is 1.89 bits per heavy atom. The van der Waals surface area contributed by atoms with Crippen LogP contribution in [0.1, 0.15) is 24.1 Å². The summed E-state index contributed by atoms with van der Waals surface area (Å²) < 4.78 is 1.11. The summed E-state index contributed by atoms with van der Waals surface area (Å²) in [6.45, 7) is 3.00. The van der Waals surface area contributed by atoms with Crippen molar-refractivity contribution < 1.29 is 0 Å². The molecule has 18 heavy (non-hydrogen) atoms. The van der Waals surface area contributed by atoms with Crippen molar-refractivity contribution in [3.63, 3.8) is 0 Å². The first kappa shape index (κ1) is 13.6. The Kier molecular flexibility index (Phi) is 4.81. The quantitative estimate of drug-likeness (QED) is 0.838. The summed E-state index contributed by atoms with van der Waals surface area (Å²) in [5.41, 5.74) is 2.51. The lowest BCUT2D eigenvalue weighted by Crippen LogP contribution is -2.17. The maximum Gasteiger partial charge on any atom is 0.0406 e. The zero-order chi connectivity index (χ0) is 13.0. The van der Waals surface area contributed by atoms with E-state index < -0.39 is 0 Å². The molecular weight excluding hydrogens is 310 g/mol.